The molecule has 0 bridgehead atoms. The van der Waals surface area contributed by atoms with Gasteiger partial charge in [0.25, 0.3) is 0 Å². The van der Waals surface area contributed by atoms with Gasteiger partial charge in [-0.1, -0.05) is 18.2 Å². The maximum absolute atomic E-state index is 12.5. The first-order chi connectivity index (χ1) is 11.3. The molecule has 1 aliphatic carbocycles. The summed E-state index contributed by atoms with van der Waals surface area (Å²) in [7, 11) is 0. The second-order valence-corrected chi connectivity index (χ2v) is 6.67. The van der Waals surface area contributed by atoms with Gasteiger partial charge < -0.3 is 10.6 Å². The van der Waals surface area contributed by atoms with Crippen LogP contribution in [-0.2, 0) is 11.3 Å². The number of nitrogens with zero attached hydrogens (tertiary/aromatic N) is 2. The average Bonchev–Trinajstić information content (AvgIpc) is 3.03. The molecule has 2 N–H and O–H groups in total. The van der Waals surface area contributed by atoms with E-state index < -0.39 is 0 Å². The molecule has 2 aromatic rings. The molecule has 5 nitrogen and oxygen atoms in total. The quantitative estimate of drug-likeness (QED) is 0.906. The molecule has 1 saturated carbocycles. The van der Waals surface area contributed by atoms with Gasteiger partial charge in [0, 0.05) is 24.9 Å². The van der Waals surface area contributed by atoms with E-state index in [0.717, 1.165) is 43.6 Å². The number of piperidine rings is 1. The molecule has 1 spiro atoms. The van der Waals surface area contributed by atoms with Crippen molar-refractivity contribution in [1.82, 2.24) is 20.4 Å². The molecule has 1 atom stereocenters. The van der Waals surface area contributed by atoms with Crippen LogP contribution in [0.3, 0.4) is 0 Å². The molecule has 1 saturated heterocycles. The van der Waals surface area contributed by atoms with Crippen molar-refractivity contribution < 1.29 is 4.79 Å². The van der Waals surface area contributed by atoms with Crippen LogP contribution in [0.4, 0.5) is 0 Å². The standard InChI is InChI=1S/C18H22N4O/c23-17(15-12-18(15)6-9-19-10-7-18)20-13-14-4-1-2-5-16(14)22-11-3-8-21-22/h1-5,8,11,15,19H,6-7,9-10,12-13H2,(H,20,23). The molecule has 5 heteroatoms. The lowest BCUT2D eigenvalue weighted by molar-refractivity contribution is -0.123. The Kier molecular flexibility index (Phi) is 3.65. The number of para-hydroxylation sites is 1. The van der Waals surface area contributed by atoms with Gasteiger partial charge in [-0.3, -0.25) is 4.79 Å². The fraction of sp³-hybridized carbons (Fsp3) is 0.444. The van der Waals surface area contributed by atoms with Gasteiger partial charge in [0.1, 0.15) is 0 Å². The van der Waals surface area contributed by atoms with E-state index >= 15 is 0 Å². The molecule has 2 heterocycles. The van der Waals surface area contributed by atoms with Gasteiger partial charge in [0.05, 0.1) is 5.69 Å². The van der Waals surface area contributed by atoms with Crippen molar-refractivity contribution in [1.29, 1.82) is 0 Å². The van der Waals surface area contributed by atoms with Crippen LogP contribution in [0.15, 0.2) is 42.7 Å². The van der Waals surface area contributed by atoms with Crippen LogP contribution in [0.5, 0.6) is 0 Å². The zero-order valence-corrected chi connectivity index (χ0v) is 13.2. The number of carbonyl (C=O) groups is 1. The van der Waals surface area contributed by atoms with Crippen molar-refractivity contribution in [3.8, 4) is 5.69 Å². The largest absolute Gasteiger partial charge is 0.352 e. The van der Waals surface area contributed by atoms with Crippen molar-refractivity contribution in [2.45, 2.75) is 25.8 Å². The number of benzene rings is 1. The number of nitrogens with one attached hydrogen (secondary N) is 2. The van der Waals surface area contributed by atoms with Crippen LogP contribution in [0, 0.1) is 11.3 Å². The monoisotopic (exact) mass is 310 g/mol. The lowest BCUT2D eigenvalue weighted by Gasteiger charge is -2.23. The minimum absolute atomic E-state index is 0.210. The third-order valence-corrected chi connectivity index (χ3v) is 5.30. The Morgan fingerprint density at radius 2 is 2.13 bits per heavy atom. The van der Waals surface area contributed by atoms with Crippen LogP contribution < -0.4 is 10.6 Å². The fourth-order valence-corrected chi connectivity index (χ4v) is 3.80. The first-order valence-electron chi connectivity index (χ1n) is 8.35. The van der Waals surface area contributed by atoms with Crippen molar-refractivity contribution >= 4 is 5.91 Å². The summed E-state index contributed by atoms with van der Waals surface area (Å²) in [5.74, 6) is 0.420. The number of amides is 1. The molecule has 0 radical (unpaired) electrons. The van der Waals surface area contributed by atoms with E-state index in [1.165, 1.54) is 0 Å². The zero-order valence-electron chi connectivity index (χ0n) is 13.2. The van der Waals surface area contributed by atoms with Crippen molar-refractivity contribution in [3.63, 3.8) is 0 Å². The number of rotatable bonds is 4. The highest BCUT2D eigenvalue weighted by Crippen LogP contribution is 2.58. The average molecular weight is 310 g/mol. The Morgan fingerprint density at radius 3 is 2.91 bits per heavy atom. The molecular formula is C18H22N4O. The Hall–Kier alpha value is -2.14. The van der Waals surface area contributed by atoms with E-state index in [9.17, 15) is 4.79 Å². The van der Waals surface area contributed by atoms with E-state index in [2.05, 4.69) is 15.7 Å². The number of hydrogen-bond acceptors (Lipinski definition) is 3. The summed E-state index contributed by atoms with van der Waals surface area (Å²) >= 11 is 0. The van der Waals surface area contributed by atoms with Gasteiger partial charge in [0.15, 0.2) is 0 Å². The second kappa shape index (κ2) is 5.81. The van der Waals surface area contributed by atoms with Crippen LogP contribution >= 0.6 is 0 Å². The van der Waals surface area contributed by atoms with Crippen molar-refractivity contribution in [3.05, 3.63) is 48.3 Å². The predicted molar refractivity (Wildman–Crippen MR) is 88.1 cm³/mol. The Bertz CT molecular complexity index is 689. The molecule has 23 heavy (non-hydrogen) atoms. The number of aromatic nitrogens is 2. The van der Waals surface area contributed by atoms with Crippen LogP contribution in [0.2, 0.25) is 0 Å². The Balaban J connectivity index is 1.41. The molecule has 4 rings (SSSR count). The Labute approximate surface area is 136 Å². The summed E-state index contributed by atoms with van der Waals surface area (Å²) in [4.78, 5) is 12.5. The summed E-state index contributed by atoms with van der Waals surface area (Å²) < 4.78 is 1.84. The molecule has 1 aromatic carbocycles. The first kappa shape index (κ1) is 14.5. The van der Waals surface area contributed by atoms with Crippen molar-refractivity contribution in [2.75, 3.05) is 13.1 Å². The summed E-state index contributed by atoms with van der Waals surface area (Å²) in [5.41, 5.74) is 2.39. The van der Waals surface area contributed by atoms with Gasteiger partial charge in [-0.05, 0) is 55.5 Å². The molecular weight excluding hydrogens is 288 g/mol. The van der Waals surface area contributed by atoms with Gasteiger partial charge in [-0.25, -0.2) is 4.68 Å². The maximum atomic E-state index is 12.5. The SMILES string of the molecule is O=C(NCc1ccccc1-n1cccn1)C1CC12CCNCC2. The van der Waals surface area contributed by atoms with Gasteiger partial charge in [-0.2, -0.15) is 5.10 Å². The molecule has 2 aliphatic rings. The summed E-state index contributed by atoms with van der Waals surface area (Å²) in [5, 5.41) is 10.8. The first-order valence-corrected chi connectivity index (χ1v) is 8.35. The fourth-order valence-electron chi connectivity index (χ4n) is 3.80. The highest BCUT2D eigenvalue weighted by molar-refractivity contribution is 5.82. The van der Waals surface area contributed by atoms with E-state index in [-0.39, 0.29) is 17.2 Å². The molecule has 1 aliphatic heterocycles. The molecule has 2 fully saturated rings. The zero-order chi connectivity index (χ0) is 15.7. The molecule has 1 aromatic heterocycles. The van der Waals surface area contributed by atoms with E-state index in [4.69, 9.17) is 0 Å². The van der Waals surface area contributed by atoms with E-state index in [1.807, 2.05) is 41.2 Å². The summed E-state index contributed by atoms with van der Waals surface area (Å²) in [6.07, 6.45) is 7.01. The summed E-state index contributed by atoms with van der Waals surface area (Å²) in [6, 6.07) is 9.97. The van der Waals surface area contributed by atoms with Gasteiger partial charge in [-0.15, -0.1) is 0 Å². The molecule has 1 amide bonds. The number of hydrogen-bond donors (Lipinski definition) is 2. The van der Waals surface area contributed by atoms with Crippen LogP contribution in [0.1, 0.15) is 24.8 Å². The third-order valence-electron chi connectivity index (χ3n) is 5.30. The lowest BCUT2D eigenvalue weighted by atomic mass is 9.92. The highest BCUT2D eigenvalue weighted by Gasteiger charge is 2.57. The summed E-state index contributed by atoms with van der Waals surface area (Å²) in [6.45, 7) is 2.65. The van der Waals surface area contributed by atoms with Crippen LogP contribution in [-0.4, -0.2) is 28.8 Å². The van der Waals surface area contributed by atoms with Crippen molar-refractivity contribution in [2.24, 2.45) is 11.3 Å². The Morgan fingerprint density at radius 1 is 1.30 bits per heavy atom. The van der Waals surface area contributed by atoms with Gasteiger partial charge in [0.2, 0.25) is 5.91 Å². The highest BCUT2D eigenvalue weighted by atomic mass is 16.2. The third kappa shape index (κ3) is 2.77. The lowest BCUT2D eigenvalue weighted by Crippen LogP contribution is -2.33. The molecule has 120 valence electrons. The second-order valence-electron chi connectivity index (χ2n) is 6.67. The van der Waals surface area contributed by atoms with E-state index in [0.29, 0.717) is 6.54 Å². The minimum Gasteiger partial charge on any atom is -0.352 e. The molecule has 1 unspecified atom stereocenters. The minimum atomic E-state index is 0.210. The number of carbonyl (C=O) groups excluding carboxylic acids is 1. The predicted octanol–water partition coefficient (Wildman–Crippen LogP) is 1.88. The maximum Gasteiger partial charge on any atom is 0.223 e. The van der Waals surface area contributed by atoms with Gasteiger partial charge >= 0.3 is 0 Å². The normalized spacial score (nSPS) is 22.0. The topological polar surface area (TPSA) is 59.0 Å². The van der Waals surface area contributed by atoms with E-state index in [1.54, 1.807) is 6.20 Å². The smallest absolute Gasteiger partial charge is 0.223 e. The van der Waals surface area contributed by atoms with Crippen LogP contribution in [0.25, 0.3) is 5.69 Å².